The van der Waals surface area contributed by atoms with Crippen molar-refractivity contribution in [2.45, 2.75) is 57.0 Å². The molecule has 210 valence electrons. The second-order valence-electron chi connectivity index (χ2n) is 10.8. The third kappa shape index (κ3) is 7.59. The molecule has 0 bridgehead atoms. The Balaban J connectivity index is 1.26. The van der Waals surface area contributed by atoms with Crippen molar-refractivity contribution < 1.29 is 17.9 Å². The lowest BCUT2D eigenvalue weighted by Gasteiger charge is -2.37. The minimum Gasteiger partial charge on any atom is -0.381 e. The molecule has 3 aliphatic rings. The lowest BCUT2D eigenvalue weighted by atomic mass is 10.0. The van der Waals surface area contributed by atoms with Crippen molar-refractivity contribution in [1.29, 1.82) is 0 Å². The molecule has 2 N–H and O–H groups in total. The molecule has 0 saturated carbocycles. The van der Waals surface area contributed by atoms with Crippen LogP contribution >= 0.6 is 0 Å². The fourth-order valence-electron chi connectivity index (χ4n) is 5.59. The highest BCUT2D eigenvalue weighted by atomic mass is 19.4. The van der Waals surface area contributed by atoms with Gasteiger partial charge >= 0.3 is 6.18 Å². The number of nitrogens with one attached hydrogen (secondary N) is 2. The van der Waals surface area contributed by atoms with Crippen LogP contribution in [-0.2, 0) is 17.8 Å². The first kappa shape index (κ1) is 27.6. The van der Waals surface area contributed by atoms with E-state index in [1.807, 2.05) is 18.2 Å². The van der Waals surface area contributed by atoms with Crippen molar-refractivity contribution in [2.24, 2.45) is 0 Å². The molecule has 0 amide bonds. The summed E-state index contributed by atoms with van der Waals surface area (Å²) in [5, 5.41) is 7.64. The summed E-state index contributed by atoms with van der Waals surface area (Å²) >= 11 is 0. The van der Waals surface area contributed by atoms with Crippen LogP contribution in [0, 0.1) is 11.8 Å². The first-order chi connectivity index (χ1) is 18.8. The zero-order valence-electron chi connectivity index (χ0n) is 22.6. The number of fused-ring (bicyclic) bond motifs is 1. The van der Waals surface area contributed by atoms with E-state index in [1.165, 1.54) is 4.57 Å². The number of piperidine rings is 1. The molecule has 6 nitrogen and oxygen atoms in total. The second-order valence-corrected chi connectivity index (χ2v) is 10.8. The summed E-state index contributed by atoms with van der Waals surface area (Å²) in [6, 6.07) is 8.35. The maximum Gasteiger partial charge on any atom is 0.406 e. The number of allylic oxidation sites excluding steroid dienone is 1. The molecule has 9 heteroatoms. The van der Waals surface area contributed by atoms with E-state index in [9.17, 15) is 13.2 Å². The van der Waals surface area contributed by atoms with Crippen LogP contribution in [0.3, 0.4) is 0 Å². The van der Waals surface area contributed by atoms with Gasteiger partial charge in [0.15, 0.2) is 0 Å². The lowest BCUT2D eigenvalue weighted by Crippen LogP contribution is -2.42. The van der Waals surface area contributed by atoms with Gasteiger partial charge in [0.05, 0.1) is 17.9 Å². The Morgan fingerprint density at radius 3 is 2.64 bits per heavy atom. The van der Waals surface area contributed by atoms with Gasteiger partial charge in [-0.05, 0) is 81.6 Å². The molecule has 0 unspecified atom stereocenters. The number of hydrogen-bond acceptors (Lipinski definition) is 5. The van der Waals surface area contributed by atoms with Crippen molar-refractivity contribution in [3.05, 3.63) is 59.6 Å². The predicted octanol–water partition coefficient (Wildman–Crippen LogP) is 4.22. The maximum absolute atomic E-state index is 13.5. The second kappa shape index (κ2) is 12.5. The molecule has 2 aromatic rings. The van der Waals surface area contributed by atoms with Crippen molar-refractivity contribution in [3.8, 4) is 11.8 Å². The third-order valence-electron chi connectivity index (χ3n) is 7.79. The average Bonchev–Trinajstić information content (AvgIpc) is 3.26. The van der Waals surface area contributed by atoms with Gasteiger partial charge < -0.3 is 29.7 Å². The standard InChI is InChI=1S/C30H38F3N5O/c1-36-14-8-27(9-15-36)37-13-3-4-26(21-37)34-12-2-5-28-19-24-18-23(20-35-25-10-16-39-17-11-25)6-7-29(24)38(28)22-30(31,32)33/h3-4,6-7,18-19,21,25,27,34-35H,8-17,20,22H2,1H3. The Bertz CT molecular complexity index is 1240. The largest absolute Gasteiger partial charge is 0.406 e. The lowest BCUT2D eigenvalue weighted by molar-refractivity contribution is -0.140. The van der Waals surface area contributed by atoms with Crippen molar-refractivity contribution in [3.63, 3.8) is 0 Å². The molecular weight excluding hydrogens is 503 g/mol. The van der Waals surface area contributed by atoms with Crippen LogP contribution in [0.4, 0.5) is 13.2 Å². The smallest absolute Gasteiger partial charge is 0.381 e. The van der Waals surface area contributed by atoms with E-state index in [-0.39, 0.29) is 0 Å². The first-order valence-electron chi connectivity index (χ1n) is 13.9. The van der Waals surface area contributed by atoms with Gasteiger partial charge in [0.1, 0.15) is 6.54 Å². The van der Waals surface area contributed by atoms with Crippen LogP contribution in [0.25, 0.3) is 10.9 Å². The highest BCUT2D eigenvalue weighted by Gasteiger charge is 2.29. The molecule has 0 atom stereocenters. The van der Waals surface area contributed by atoms with E-state index in [4.69, 9.17) is 4.74 Å². The molecule has 0 radical (unpaired) electrons. The van der Waals surface area contributed by atoms with Crippen molar-refractivity contribution >= 4 is 10.9 Å². The Hall–Kier alpha value is -2.93. The topological polar surface area (TPSA) is 44.7 Å². The molecule has 0 aliphatic carbocycles. The molecule has 0 spiro atoms. The zero-order chi connectivity index (χ0) is 27.2. The van der Waals surface area contributed by atoms with Gasteiger partial charge in [-0.2, -0.15) is 13.2 Å². The summed E-state index contributed by atoms with van der Waals surface area (Å²) in [7, 11) is 2.16. The summed E-state index contributed by atoms with van der Waals surface area (Å²) in [5.41, 5.74) is 2.95. The molecule has 4 heterocycles. The number of benzene rings is 1. The molecule has 2 saturated heterocycles. The summed E-state index contributed by atoms with van der Waals surface area (Å²) in [5.74, 6) is 6.04. The van der Waals surface area contributed by atoms with E-state index < -0.39 is 12.7 Å². The summed E-state index contributed by atoms with van der Waals surface area (Å²) in [4.78, 5) is 4.73. The van der Waals surface area contributed by atoms with Crippen LogP contribution < -0.4 is 10.6 Å². The maximum atomic E-state index is 13.5. The predicted molar refractivity (Wildman–Crippen MR) is 148 cm³/mol. The van der Waals surface area contributed by atoms with E-state index in [0.717, 1.165) is 75.2 Å². The van der Waals surface area contributed by atoms with E-state index in [0.29, 0.717) is 36.4 Å². The molecular formula is C30H38F3N5O. The van der Waals surface area contributed by atoms with Gasteiger partial charge in [-0.25, -0.2) is 0 Å². The monoisotopic (exact) mass is 541 g/mol. The highest BCUT2D eigenvalue weighted by Crippen LogP contribution is 2.26. The highest BCUT2D eigenvalue weighted by molar-refractivity contribution is 5.83. The van der Waals surface area contributed by atoms with Gasteiger partial charge in [0, 0.05) is 55.5 Å². The molecule has 3 aliphatic heterocycles. The summed E-state index contributed by atoms with van der Waals surface area (Å²) in [6.07, 6.45) is 6.23. The van der Waals surface area contributed by atoms with Gasteiger partial charge in [-0.15, -0.1) is 0 Å². The van der Waals surface area contributed by atoms with Crippen LogP contribution in [0.2, 0.25) is 0 Å². The Labute approximate surface area is 228 Å². The number of hydrogen-bond donors (Lipinski definition) is 2. The minimum atomic E-state index is -4.33. The number of aromatic nitrogens is 1. The minimum absolute atomic E-state index is 0.352. The Morgan fingerprint density at radius 1 is 1.08 bits per heavy atom. The van der Waals surface area contributed by atoms with Crippen LogP contribution in [-0.4, -0.2) is 79.1 Å². The molecule has 2 fully saturated rings. The van der Waals surface area contributed by atoms with Crippen LogP contribution in [0.1, 0.15) is 36.9 Å². The van der Waals surface area contributed by atoms with Crippen molar-refractivity contribution in [1.82, 2.24) is 25.0 Å². The van der Waals surface area contributed by atoms with Crippen LogP contribution in [0.15, 0.2) is 48.3 Å². The third-order valence-corrected chi connectivity index (χ3v) is 7.79. The number of ether oxygens (including phenoxy) is 1. The molecule has 5 rings (SSSR count). The molecule has 1 aromatic heterocycles. The first-order valence-corrected chi connectivity index (χ1v) is 13.9. The number of nitrogens with zero attached hydrogens (tertiary/aromatic N) is 3. The Kier molecular flexibility index (Phi) is 8.85. The van der Waals surface area contributed by atoms with E-state index in [1.54, 1.807) is 12.1 Å². The molecule has 1 aromatic carbocycles. The number of rotatable bonds is 7. The van der Waals surface area contributed by atoms with E-state index in [2.05, 4.69) is 51.6 Å². The average molecular weight is 542 g/mol. The van der Waals surface area contributed by atoms with Gasteiger partial charge in [-0.1, -0.05) is 18.1 Å². The quantitative estimate of drug-likeness (QED) is 0.514. The number of halogens is 3. The summed E-state index contributed by atoms with van der Waals surface area (Å²) < 4.78 is 47.0. The fourth-order valence-corrected chi connectivity index (χ4v) is 5.59. The SMILES string of the molecule is CN1CCC(N2C=C(NCC#Cc3cc4cc(CNC5CCOCC5)ccc4n3CC(F)(F)F)C=CC2)CC1. The zero-order valence-corrected chi connectivity index (χ0v) is 22.6. The van der Waals surface area contributed by atoms with E-state index >= 15 is 0 Å². The molecule has 39 heavy (non-hydrogen) atoms. The normalized spacial score (nSPS) is 19.7. The fraction of sp³-hybridized carbons (Fsp3) is 0.533. The van der Waals surface area contributed by atoms with Crippen molar-refractivity contribution in [2.75, 3.05) is 46.4 Å². The van der Waals surface area contributed by atoms with Crippen LogP contribution in [0.5, 0.6) is 0 Å². The number of alkyl halides is 3. The Morgan fingerprint density at radius 2 is 1.87 bits per heavy atom. The number of likely N-dealkylation sites (tertiary alicyclic amines) is 1. The van der Waals surface area contributed by atoms with Gasteiger partial charge in [-0.3, -0.25) is 0 Å². The summed E-state index contributed by atoms with van der Waals surface area (Å²) in [6.45, 7) is 4.59. The van der Waals surface area contributed by atoms with Gasteiger partial charge in [0.2, 0.25) is 0 Å². The van der Waals surface area contributed by atoms with Gasteiger partial charge in [0.25, 0.3) is 0 Å².